The van der Waals surface area contributed by atoms with Crippen molar-refractivity contribution in [2.45, 2.75) is 57.3 Å². The zero-order valence-electron chi connectivity index (χ0n) is 37.7. The van der Waals surface area contributed by atoms with Gasteiger partial charge < -0.3 is 12.8 Å². The summed E-state index contributed by atoms with van der Waals surface area (Å²) in [4.78, 5) is 0.154. The second-order valence-electron chi connectivity index (χ2n) is 18.0. The molecule has 0 spiro atoms. The molecule has 0 aromatic heterocycles. The topological polar surface area (TPSA) is 0 Å². The minimum atomic E-state index is -1.02. The maximum absolute atomic E-state index is 7.25. The predicted octanol–water partition coefficient (Wildman–Crippen LogP) is 13.3. The van der Waals surface area contributed by atoms with E-state index in [1.807, 2.05) is 12.1 Å². The third-order valence-electron chi connectivity index (χ3n) is 13.0. The molecule has 0 heterocycles. The van der Waals surface area contributed by atoms with Crippen molar-refractivity contribution in [3.8, 4) is 34.1 Å². The van der Waals surface area contributed by atoms with E-state index >= 15 is 0 Å². The van der Waals surface area contributed by atoms with E-state index < -0.39 is 15.8 Å². The average molecular weight is 1240 g/mol. The SMILES string of the molecule is CC(C)([PH+](c1ccccc1)c1ccccc1)[PH+](c1ccccc1)c1ccccc1.[Au+].[Au+].[C-]#Cc1ccc2c(c1)-c1ccccc1C2(C)C.[C-]#Cc1ccc2c(c1)C(C)(C)c1ccccc1-2. The largest absolute Gasteiger partial charge is 1.00 e. The van der Waals surface area contributed by atoms with Gasteiger partial charge in [0.25, 0.3) is 0 Å². The molecule has 0 N–H and O–H groups in total. The molecule has 0 atom stereocenters. The molecule has 0 saturated heterocycles. The summed E-state index contributed by atoms with van der Waals surface area (Å²) >= 11 is 0. The Morgan fingerprint density at radius 1 is 0.354 bits per heavy atom. The molecule has 0 fully saturated rings. The monoisotopic (exact) mass is 1240 g/mol. The zero-order valence-corrected chi connectivity index (χ0v) is 44.1. The Kier molecular flexibility index (Phi) is 16.2. The van der Waals surface area contributed by atoms with Crippen LogP contribution < -0.4 is 21.2 Å². The summed E-state index contributed by atoms with van der Waals surface area (Å²) in [7, 11) is -2.05. The summed E-state index contributed by atoms with van der Waals surface area (Å²) in [5.41, 5.74) is 12.3. The van der Waals surface area contributed by atoms with Crippen LogP contribution in [0.2, 0.25) is 0 Å². The van der Waals surface area contributed by atoms with Gasteiger partial charge in [-0.05, 0) is 93.0 Å². The summed E-state index contributed by atoms with van der Waals surface area (Å²) in [6.45, 7) is 14.0. The van der Waals surface area contributed by atoms with Gasteiger partial charge in [-0.25, -0.2) is 0 Å². The van der Waals surface area contributed by atoms with Crippen molar-refractivity contribution in [1.82, 2.24) is 0 Å². The van der Waals surface area contributed by atoms with Crippen molar-refractivity contribution >= 4 is 37.1 Å². The summed E-state index contributed by atoms with van der Waals surface area (Å²) < 4.78 is 0. The molecule has 0 nitrogen and oxygen atoms in total. The third kappa shape index (κ3) is 10.0. The van der Waals surface area contributed by atoms with Gasteiger partial charge in [0.05, 0.1) is 0 Å². The normalized spacial score (nSPS) is 13.0. The van der Waals surface area contributed by atoms with E-state index in [0.717, 1.165) is 11.1 Å². The molecule has 0 aliphatic heterocycles. The first-order chi connectivity index (χ1) is 30.5. The van der Waals surface area contributed by atoms with E-state index in [4.69, 9.17) is 12.8 Å². The second kappa shape index (κ2) is 21.2. The first-order valence-corrected chi connectivity index (χ1v) is 24.8. The minimum Gasteiger partial charge on any atom is -0.366 e. The van der Waals surface area contributed by atoms with Gasteiger partial charge >= 0.3 is 44.8 Å². The van der Waals surface area contributed by atoms with Crippen LogP contribution in [0.4, 0.5) is 0 Å². The smallest absolute Gasteiger partial charge is 0.366 e. The van der Waals surface area contributed by atoms with Gasteiger partial charge in [0.15, 0.2) is 4.90 Å². The van der Waals surface area contributed by atoms with Crippen LogP contribution in [-0.4, -0.2) is 4.90 Å². The van der Waals surface area contributed by atoms with Gasteiger partial charge in [-0.15, -0.1) is 35.4 Å². The molecule has 4 heteroatoms. The van der Waals surface area contributed by atoms with Gasteiger partial charge in [-0.1, -0.05) is 161 Å². The van der Waals surface area contributed by atoms with Crippen molar-refractivity contribution in [3.05, 3.63) is 252 Å². The molecule has 8 aromatic rings. The van der Waals surface area contributed by atoms with Crippen LogP contribution in [0.3, 0.4) is 0 Å². The fourth-order valence-corrected chi connectivity index (χ4v) is 18.3. The number of hydrogen-bond donors (Lipinski definition) is 0. The van der Waals surface area contributed by atoms with E-state index in [9.17, 15) is 0 Å². The zero-order chi connectivity index (χ0) is 44.2. The van der Waals surface area contributed by atoms with Crippen molar-refractivity contribution in [3.63, 3.8) is 0 Å². The fourth-order valence-electron chi connectivity index (χ4n) is 9.90. The van der Waals surface area contributed by atoms with E-state index in [1.165, 1.54) is 65.7 Å². The molecule has 0 saturated carbocycles. The molecule has 0 amide bonds. The van der Waals surface area contributed by atoms with Gasteiger partial charge in [-0.3, -0.25) is 11.8 Å². The van der Waals surface area contributed by atoms with Gasteiger partial charge in [0.2, 0.25) is 0 Å². The fraction of sp³-hybridized carbons (Fsp3) is 0.148. The van der Waals surface area contributed by atoms with Crippen LogP contribution in [0, 0.1) is 24.7 Å². The molecule has 0 unspecified atom stereocenters. The molecule has 10 rings (SSSR count). The van der Waals surface area contributed by atoms with Crippen LogP contribution in [0.15, 0.2) is 206 Å². The van der Waals surface area contributed by atoms with Crippen molar-refractivity contribution in [1.29, 1.82) is 0 Å². The van der Waals surface area contributed by atoms with Crippen molar-refractivity contribution < 1.29 is 44.8 Å². The van der Waals surface area contributed by atoms with E-state index in [2.05, 4.69) is 248 Å². The van der Waals surface area contributed by atoms with Gasteiger partial charge in [0, 0.05) is 24.7 Å². The van der Waals surface area contributed by atoms with E-state index in [-0.39, 0.29) is 60.5 Å². The van der Waals surface area contributed by atoms with Crippen molar-refractivity contribution in [2.24, 2.45) is 0 Å². The van der Waals surface area contributed by atoms with Crippen LogP contribution >= 0.6 is 15.8 Å². The molecule has 0 bridgehead atoms. The van der Waals surface area contributed by atoms with Crippen LogP contribution in [0.25, 0.3) is 22.3 Å². The quantitative estimate of drug-likeness (QED) is 0.0674. The Balaban J connectivity index is 0.000000168. The van der Waals surface area contributed by atoms with E-state index in [1.54, 1.807) is 0 Å². The molecule has 65 heavy (non-hydrogen) atoms. The summed E-state index contributed by atoms with van der Waals surface area (Å²) in [6.07, 6.45) is 14.5. The van der Waals surface area contributed by atoms with Crippen LogP contribution in [0.1, 0.15) is 74.9 Å². The molecule has 0 radical (unpaired) electrons. The van der Waals surface area contributed by atoms with E-state index in [0.29, 0.717) is 0 Å². The average Bonchev–Trinajstić information content (AvgIpc) is 3.69. The van der Waals surface area contributed by atoms with Crippen molar-refractivity contribution in [2.75, 3.05) is 0 Å². The minimum absolute atomic E-state index is 0. The summed E-state index contributed by atoms with van der Waals surface area (Å²) in [5, 5.41) is 5.96. The Bertz CT molecular complexity index is 2780. The number of rotatable bonds is 6. The molecule has 2 aliphatic carbocycles. The maximum Gasteiger partial charge on any atom is 1.00 e. The van der Waals surface area contributed by atoms with Crippen LogP contribution in [-0.2, 0) is 55.6 Å². The number of fused-ring (bicyclic) bond motifs is 6. The molecule has 328 valence electrons. The van der Waals surface area contributed by atoms with Gasteiger partial charge in [0.1, 0.15) is 37.1 Å². The van der Waals surface area contributed by atoms with Crippen LogP contribution in [0.5, 0.6) is 0 Å². The summed E-state index contributed by atoms with van der Waals surface area (Å²) in [6, 6.07) is 74.1. The summed E-state index contributed by atoms with van der Waals surface area (Å²) in [5.74, 6) is 4.94. The third-order valence-corrected chi connectivity index (χ3v) is 20.6. The maximum atomic E-state index is 7.25. The first kappa shape index (κ1) is 49.7. The molecule has 2 aliphatic rings. The van der Waals surface area contributed by atoms with Gasteiger partial charge in [-0.2, -0.15) is 0 Å². The number of hydrogen-bond acceptors (Lipinski definition) is 0. The standard InChI is InChI=1S/C27H26P2.2C17H13.2Au/c1-27(2,28(23-15-7-3-8-16-23)24-17-9-4-10-18-24)29(25-19-11-5-12-20-25)26-21-13-6-14-22-26;1-4-12-9-10-16-14(11-12)13-7-5-6-8-15(13)17(16,2)3;1-4-12-9-10-14-13-7-5-6-8-15(13)17(2,3)16(14)11-12;;/h3-22H,1-2H3;2*5-11H,2-3H3;;/q;2*-1;2*+1/p+2. The molecule has 8 aromatic carbocycles. The Morgan fingerprint density at radius 2 is 0.662 bits per heavy atom. The molecular weight excluding hydrogens is 1190 g/mol. The Morgan fingerprint density at radius 3 is 1.08 bits per heavy atom. The number of benzene rings is 8. The second-order valence-corrected chi connectivity index (χ2v) is 24.8. The Hall–Kier alpha value is -4.78. The predicted molar refractivity (Wildman–Crippen MR) is 275 cm³/mol. The Labute approximate surface area is 422 Å². The molecular formula is C61H54Au2P2+2. The first-order valence-electron chi connectivity index (χ1n) is 21.8.